The number of carbonyl (C=O) groups excluding carboxylic acids is 2. The fraction of sp³-hybridized carbons (Fsp3) is 0.0417. The van der Waals surface area contributed by atoms with E-state index in [1.165, 1.54) is 41.3 Å². The van der Waals surface area contributed by atoms with Crippen LogP contribution in [0.5, 0.6) is 0 Å². The standard InChI is InChI=1S/C24H16FN3O4S2/c1-14-5-6-15(11-20(14)28(31)32)12-21-23(30)27(24(33)34-21)19-4-2-3-16(13-19)22(29)26-18-9-7-17(25)8-10-18/h2-13H,1H3,(H,26,29)/b21-12+. The van der Waals surface area contributed by atoms with Gasteiger partial charge < -0.3 is 5.32 Å². The molecule has 1 saturated heterocycles. The van der Waals surface area contributed by atoms with E-state index >= 15 is 0 Å². The number of amides is 2. The number of thioether (sulfide) groups is 1. The molecule has 7 nitrogen and oxygen atoms in total. The number of hydrogen-bond acceptors (Lipinski definition) is 6. The maximum atomic E-state index is 13.1. The van der Waals surface area contributed by atoms with Gasteiger partial charge in [0, 0.05) is 22.9 Å². The van der Waals surface area contributed by atoms with E-state index in [-0.39, 0.29) is 15.6 Å². The van der Waals surface area contributed by atoms with Crippen molar-refractivity contribution in [3.05, 3.63) is 104 Å². The number of rotatable bonds is 5. The van der Waals surface area contributed by atoms with Crippen LogP contribution in [0.15, 0.2) is 71.6 Å². The molecule has 0 bridgehead atoms. The Morgan fingerprint density at radius 3 is 2.59 bits per heavy atom. The quantitative estimate of drug-likeness (QED) is 0.212. The Labute approximate surface area is 203 Å². The van der Waals surface area contributed by atoms with Gasteiger partial charge in [0.05, 0.1) is 15.5 Å². The number of hydrogen-bond donors (Lipinski definition) is 1. The fourth-order valence-electron chi connectivity index (χ4n) is 3.28. The van der Waals surface area contributed by atoms with Crippen molar-refractivity contribution in [3.63, 3.8) is 0 Å². The van der Waals surface area contributed by atoms with Gasteiger partial charge in [0.1, 0.15) is 5.82 Å². The Hall–Kier alpha value is -3.89. The topological polar surface area (TPSA) is 92.6 Å². The van der Waals surface area contributed by atoms with Crippen LogP contribution >= 0.6 is 24.0 Å². The third kappa shape index (κ3) is 4.87. The van der Waals surface area contributed by atoms with Gasteiger partial charge in [-0.25, -0.2) is 4.39 Å². The Balaban J connectivity index is 1.58. The minimum absolute atomic E-state index is 0.0379. The minimum atomic E-state index is -0.472. The molecule has 1 aliphatic heterocycles. The summed E-state index contributed by atoms with van der Waals surface area (Å²) >= 11 is 6.46. The Morgan fingerprint density at radius 1 is 1.15 bits per heavy atom. The summed E-state index contributed by atoms with van der Waals surface area (Å²) in [7, 11) is 0. The summed E-state index contributed by atoms with van der Waals surface area (Å²) in [6.45, 7) is 1.64. The van der Waals surface area contributed by atoms with Crippen LogP contribution in [0.2, 0.25) is 0 Å². The smallest absolute Gasteiger partial charge is 0.272 e. The molecule has 0 unspecified atom stereocenters. The average Bonchev–Trinajstić information content (AvgIpc) is 3.09. The number of halogens is 1. The van der Waals surface area contributed by atoms with Crippen molar-refractivity contribution in [1.29, 1.82) is 0 Å². The number of nitro groups is 1. The van der Waals surface area contributed by atoms with Crippen LogP contribution in [0.25, 0.3) is 6.08 Å². The number of nitrogens with zero attached hydrogens (tertiary/aromatic N) is 2. The van der Waals surface area contributed by atoms with E-state index in [4.69, 9.17) is 12.2 Å². The Bertz CT molecular complexity index is 1370. The number of carbonyl (C=O) groups is 2. The molecule has 0 radical (unpaired) electrons. The molecule has 3 aromatic rings. The maximum Gasteiger partial charge on any atom is 0.272 e. The molecule has 170 valence electrons. The van der Waals surface area contributed by atoms with Gasteiger partial charge in [-0.3, -0.25) is 24.6 Å². The number of aryl methyl sites for hydroxylation is 1. The van der Waals surface area contributed by atoms with E-state index in [0.29, 0.717) is 27.4 Å². The molecule has 1 N–H and O–H groups in total. The van der Waals surface area contributed by atoms with Gasteiger partial charge in [-0.2, -0.15) is 0 Å². The first kappa shape index (κ1) is 23.3. The van der Waals surface area contributed by atoms with Gasteiger partial charge in [0.15, 0.2) is 4.32 Å². The van der Waals surface area contributed by atoms with E-state index in [0.717, 1.165) is 11.8 Å². The van der Waals surface area contributed by atoms with Gasteiger partial charge >= 0.3 is 0 Å². The summed E-state index contributed by atoms with van der Waals surface area (Å²) in [5.74, 6) is -1.24. The lowest BCUT2D eigenvalue weighted by Crippen LogP contribution is -2.27. The molecule has 10 heteroatoms. The van der Waals surface area contributed by atoms with Gasteiger partial charge in [0.25, 0.3) is 17.5 Å². The second-order valence-corrected chi connectivity index (χ2v) is 9.01. The molecule has 3 aromatic carbocycles. The lowest BCUT2D eigenvalue weighted by Gasteiger charge is -2.15. The number of anilines is 2. The molecule has 4 rings (SSSR count). The number of nitro benzene ring substituents is 1. The second-order valence-electron chi connectivity index (χ2n) is 7.33. The summed E-state index contributed by atoms with van der Waals surface area (Å²) in [6, 6.07) is 16.5. The van der Waals surface area contributed by atoms with E-state index in [9.17, 15) is 24.1 Å². The van der Waals surface area contributed by atoms with Crippen LogP contribution in [0.3, 0.4) is 0 Å². The maximum absolute atomic E-state index is 13.1. The highest BCUT2D eigenvalue weighted by Gasteiger charge is 2.33. The molecule has 0 aromatic heterocycles. The molecule has 34 heavy (non-hydrogen) atoms. The van der Waals surface area contributed by atoms with Crippen LogP contribution in [0.1, 0.15) is 21.5 Å². The lowest BCUT2D eigenvalue weighted by atomic mass is 10.1. The first-order chi connectivity index (χ1) is 16.2. The number of nitrogens with one attached hydrogen (secondary N) is 1. The summed E-state index contributed by atoms with van der Waals surface area (Å²) in [5, 5.41) is 13.9. The first-order valence-electron chi connectivity index (χ1n) is 9.93. The number of benzene rings is 3. The highest BCUT2D eigenvalue weighted by molar-refractivity contribution is 8.27. The molecule has 0 saturated carbocycles. The second kappa shape index (κ2) is 9.54. The van der Waals surface area contributed by atoms with E-state index in [2.05, 4.69) is 5.32 Å². The molecule has 0 spiro atoms. The van der Waals surface area contributed by atoms with E-state index in [1.54, 1.807) is 43.3 Å². The predicted octanol–water partition coefficient (Wildman–Crippen LogP) is 5.70. The van der Waals surface area contributed by atoms with Crippen molar-refractivity contribution in [3.8, 4) is 0 Å². The van der Waals surface area contributed by atoms with Crippen molar-refractivity contribution in [2.45, 2.75) is 6.92 Å². The van der Waals surface area contributed by atoms with E-state index < -0.39 is 22.6 Å². The zero-order valence-electron chi connectivity index (χ0n) is 17.7. The van der Waals surface area contributed by atoms with Gasteiger partial charge in [-0.1, -0.05) is 42.2 Å². The molecule has 1 fully saturated rings. The third-order valence-electron chi connectivity index (χ3n) is 4.99. The summed E-state index contributed by atoms with van der Waals surface area (Å²) in [6.07, 6.45) is 1.55. The largest absolute Gasteiger partial charge is 0.322 e. The molecular weight excluding hydrogens is 477 g/mol. The first-order valence-corrected chi connectivity index (χ1v) is 11.2. The summed E-state index contributed by atoms with van der Waals surface area (Å²) in [5.41, 5.74) is 2.11. The highest BCUT2D eigenvalue weighted by Crippen LogP contribution is 2.36. The van der Waals surface area contributed by atoms with Crippen molar-refractivity contribution in [2.75, 3.05) is 10.2 Å². The molecular formula is C24H16FN3O4S2. The normalized spacial score (nSPS) is 14.5. The zero-order chi connectivity index (χ0) is 24.4. The van der Waals surface area contributed by atoms with Crippen molar-refractivity contribution >= 4 is 63.3 Å². The fourth-order valence-corrected chi connectivity index (χ4v) is 4.58. The monoisotopic (exact) mass is 493 g/mol. The number of thiocarbonyl (C=S) groups is 1. The molecule has 0 aliphatic carbocycles. The molecule has 2 amide bonds. The average molecular weight is 494 g/mol. The lowest BCUT2D eigenvalue weighted by molar-refractivity contribution is -0.385. The van der Waals surface area contributed by atoms with Crippen LogP contribution in [0, 0.1) is 22.9 Å². The van der Waals surface area contributed by atoms with Gasteiger partial charge in [-0.15, -0.1) is 0 Å². The molecule has 0 atom stereocenters. The van der Waals surface area contributed by atoms with Crippen LogP contribution in [0.4, 0.5) is 21.5 Å². The SMILES string of the molecule is Cc1ccc(/C=C2/SC(=S)N(c3cccc(C(=O)Nc4ccc(F)cc4)c3)C2=O)cc1[N+](=O)[O-]. The molecule has 1 aliphatic rings. The Kier molecular flexibility index (Phi) is 6.53. The van der Waals surface area contributed by atoms with Crippen LogP contribution in [-0.2, 0) is 4.79 Å². The summed E-state index contributed by atoms with van der Waals surface area (Å²) < 4.78 is 13.4. The van der Waals surface area contributed by atoms with Gasteiger partial charge in [-0.05, 0) is 61.0 Å². The molecule has 1 heterocycles. The highest BCUT2D eigenvalue weighted by atomic mass is 32.2. The van der Waals surface area contributed by atoms with Crippen molar-refractivity contribution in [1.82, 2.24) is 0 Å². The minimum Gasteiger partial charge on any atom is -0.322 e. The van der Waals surface area contributed by atoms with Crippen LogP contribution in [-0.4, -0.2) is 21.1 Å². The summed E-state index contributed by atoms with van der Waals surface area (Å²) in [4.78, 5) is 38.1. The third-order valence-corrected chi connectivity index (χ3v) is 6.29. The van der Waals surface area contributed by atoms with Gasteiger partial charge in [0.2, 0.25) is 0 Å². The van der Waals surface area contributed by atoms with Crippen molar-refractivity contribution < 1.29 is 18.9 Å². The zero-order valence-corrected chi connectivity index (χ0v) is 19.3. The van der Waals surface area contributed by atoms with Crippen LogP contribution < -0.4 is 10.2 Å². The van der Waals surface area contributed by atoms with E-state index in [1.807, 2.05) is 0 Å². The predicted molar refractivity (Wildman–Crippen MR) is 134 cm³/mol. The van der Waals surface area contributed by atoms with Crippen molar-refractivity contribution in [2.24, 2.45) is 0 Å². The Morgan fingerprint density at radius 2 is 1.88 bits per heavy atom.